The summed E-state index contributed by atoms with van der Waals surface area (Å²) in [6.45, 7) is 7.82. The second-order valence-corrected chi connectivity index (χ2v) is 8.54. The van der Waals surface area contributed by atoms with Gasteiger partial charge in [-0.3, -0.25) is 25.8 Å². The van der Waals surface area contributed by atoms with Gasteiger partial charge >= 0.3 is 0 Å². The fourth-order valence-corrected chi connectivity index (χ4v) is 3.12. The quantitative estimate of drug-likeness (QED) is 0.386. The highest BCUT2D eigenvalue weighted by molar-refractivity contribution is 9.10. The molecule has 0 radical (unpaired) electrons. The highest BCUT2D eigenvalue weighted by Crippen LogP contribution is 2.28. The number of hydrogen-bond acceptors (Lipinski definition) is 5. The third-order valence-corrected chi connectivity index (χ3v) is 4.84. The fourth-order valence-electron chi connectivity index (χ4n) is 2.46. The number of carbonyl (C=O) groups excluding carboxylic acids is 2. The second-order valence-electron chi connectivity index (χ2n) is 7.28. The van der Waals surface area contributed by atoms with Gasteiger partial charge in [0.1, 0.15) is 11.5 Å². The lowest BCUT2D eigenvalue weighted by Crippen LogP contribution is -2.49. The first-order valence-electron chi connectivity index (χ1n) is 9.75. The van der Waals surface area contributed by atoms with Gasteiger partial charge in [0.15, 0.2) is 11.7 Å². The number of rotatable bonds is 7. The van der Waals surface area contributed by atoms with E-state index in [1.807, 2.05) is 32.0 Å². The Morgan fingerprint density at radius 1 is 1.03 bits per heavy atom. The third-order valence-electron chi connectivity index (χ3n) is 4.01. The van der Waals surface area contributed by atoms with Crippen LogP contribution in [0.3, 0.4) is 0 Å². The van der Waals surface area contributed by atoms with Crippen molar-refractivity contribution in [3.8, 4) is 11.5 Å². The zero-order chi connectivity index (χ0) is 23.0. The van der Waals surface area contributed by atoms with Gasteiger partial charge in [-0.15, -0.1) is 0 Å². The molecule has 2 amide bonds. The first-order chi connectivity index (χ1) is 14.7. The number of benzene rings is 2. The first kappa shape index (κ1) is 24.6. The van der Waals surface area contributed by atoms with Crippen molar-refractivity contribution in [2.45, 2.75) is 39.7 Å². The fraction of sp³-hybridized carbons (Fsp3) is 0.318. The van der Waals surface area contributed by atoms with Crippen LogP contribution in [0.1, 0.15) is 49.5 Å². The van der Waals surface area contributed by atoms with E-state index in [9.17, 15) is 9.59 Å². The molecule has 0 atom stereocenters. The van der Waals surface area contributed by atoms with Gasteiger partial charge in [0, 0.05) is 5.56 Å². The maximum absolute atomic E-state index is 12.2. The predicted molar refractivity (Wildman–Crippen MR) is 127 cm³/mol. The Hall–Kier alpha value is -2.65. The van der Waals surface area contributed by atoms with Crippen LogP contribution in [0.25, 0.3) is 0 Å². The molecule has 0 saturated carbocycles. The molecule has 0 aliphatic heterocycles. The average Bonchev–Trinajstić information content (AvgIpc) is 2.71. The van der Waals surface area contributed by atoms with Crippen molar-refractivity contribution in [2.75, 3.05) is 6.61 Å². The van der Waals surface area contributed by atoms with Gasteiger partial charge in [-0.1, -0.05) is 19.9 Å². The lowest BCUT2D eigenvalue weighted by molar-refractivity contribution is -0.123. The van der Waals surface area contributed by atoms with Gasteiger partial charge in [-0.2, -0.15) is 0 Å². The molecule has 2 rings (SSSR count). The van der Waals surface area contributed by atoms with E-state index in [2.05, 4.69) is 45.9 Å². The van der Waals surface area contributed by atoms with Crippen LogP contribution >= 0.6 is 28.1 Å². The lowest BCUT2D eigenvalue weighted by Gasteiger charge is -2.13. The average molecular weight is 508 g/mol. The van der Waals surface area contributed by atoms with Crippen LogP contribution in [0.2, 0.25) is 0 Å². The summed E-state index contributed by atoms with van der Waals surface area (Å²) < 4.78 is 11.8. The maximum Gasteiger partial charge on any atom is 0.276 e. The van der Waals surface area contributed by atoms with Crippen molar-refractivity contribution in [2.24, 2.45) is 0 Å². The number of hydrogen-bond donors (Lipinski definition) is 3. The van der Waals surface area contributed by atoms with Crippen molar-refractivity contribution in [1.29, 1.82) is 0 Å². The molecule has 9 heteroatoms. The molecule has 0 spiro atoms. The van der Waals surface area contributed by atoms with Crippen LogP contribution < -0.4 is 25.6 Å². The Balaban J connectivity index is 1.76. The SMILES string of the molecule is CC(C)Oc1ccc(C(=O)NC(=S)NNC(=O)COc2ccc(C(C)C)cc2Br)cc1. The monoisotopic (exact) mass is 507 g/mol. The standard InChI is InChI=1S/C22H26BrN3O4S/c1-13(2)16-7-10-19(18(23)11-16)29-12-20(27)25-26-22(31)24-21(28)15-5-8-17(9-6-15)30-14(3)4/h5-11,13-14H,12H2,1-4H3,(H,25,27)(H2,24,26,28,31). The molecular formula is C22H26BrN3O4S. The zero-order valence-corrected chi connectivity index (χ0v) is 20.2. The van der Waals surface area contributed by atoms with Crippen molar-refractivity contribution in [3.63, 3.8) is 0 Å². The van der Waals surface area contributed by atoms with Gasteiger partial charge in [-0.25, -0.2) is 0 Å². The van der Waals surface area contributed by atoms with Crippen LogP contribution in [0, 0.1) is 0 Å². The molecule has 0 aliphatic rings. The van der Waals surface area contributed by atoms with Crippen molar-refractivity contribution in [1.82, 2.24) is 16.2 Å². The minimum Gasteiger partial charge on any atom is -0.491 e. The summed E-state index contributed by atoms with van der Waals surface area (Å²) in [6, 6.07) is 12.4. The molecule has 7 nitrogen and oxygen atoms in total. The number of amides is 2. The number of halogens is 1. The number of nitrogens with one attached hydrogen (secondary N) is 3. The topological polar surface area (TPSA) is 88.7 Å². The molecule has 0 unspecified atom stereocenters. The number of ether oxygens (including phenoxy) is 2. The molecule has 0 bridgehead atoms. The Morgan fingerprint density at radius 2 is 1.71 bits per heavy atom. The Labute approximate surface area is 196 Å². The largest absolute Gasteiger partial charge is 0.491 e. The Morgan fingerprint density at radius 3 is 2.29 bits per heavy atom. The molecule has 166 valence electrons. The summed E-state index contributed by atoms with van der Waals surface area (Å²) in [5.74, 6) is 0.755. The van der Waals surface area contributed by atoms with Crippen molar-refractivity contribution >= 4 is 45.1 Å². The van der Waals surface area contributed by atoms with Crippen molar-refractivity contribution in [3.05, 3.63) is 58.1 Å². The highest BCUT2D eigenvalue weighted by Gasteiger charge is 2.11. The molecule has 0 saturated heterocycles. The summed E-state index contributed by atoms with van der Waals surface area (Å²) >= 11 is 8.48. The summed E-state index contributed by atoms with van der Waals surface area (Å²) in [5.41, 5.74) is 6.43. The van der Waals surface area contributed by atoms with Crippen LogP contribution in [0.4, 0.5) is 0 Å². The lowest BCUT2D eigenvalue weighted by atomic mass is 10.0. The second kappa shape index (κ2) is 11.7. The predicted octanol–water partition coefficient (Wildman–Crippen LogP) is 4.07. The summed E-state index contributed by atoms with van der Waals surface area (Å²) in [4.78, 5) is 24.2. The third kappa shape index (κ3) is 8.18. The Bertz CT molecular complexity index is 933. The molecule has 3 N–H and O–H groups in total. The van der Waals surface area contributed by atoms with Gasteiger partial charge in [0.05, 0.1) is 10.6 Å². The Kier molecular flexibility index (Phi) is 9.26. The molecule has 0 heterocycles. The minimum absolute atomic E-state index is 0.0386. The van der Waals surface area contributed by atoms with E-state index in [1.54, 1.807) is 24.3 Å². The van der Waals surface area contributed by atoms with Gasteiger partial charge in [0.25, 0.3) is 11.8 Å². The number of hydrazine groups is 1. The molecule has 31 heavy (non-hydrogen) atoms. The van der Waals surface area contributed by atoms with Crippen LogP contribution in [0.5, 0.6) is 11.5 Å². The van der Waals surface area contributed by atoms with Crippen molar-refractivity contribution < 1.29 is 19.1 Å². The summed E-state index contributed by atoms with van der Waals surface area (Å²) in [6.07, 6.45) is 0.0459. The normalized spacial score (nSPS) is 10.5. The van der Waals surface area contributed by atoms with Gasteiger partial charge in [-0.05, 0) is 89.9 Å². The smallest absolute Gasteiger partial charge is 0.276 e. The summed E-state index contributed by atoms with van der Waals surface area (Å²) in [5, 5.41) is 2.45. The van der Waals surface area contributed by atoms with E-state index in [4.69, 9.17) is 21.7 Å². The van der Waals surface area contributed by atoms with Crippen LogP contribution in [-0.4, -0.2) is 29.6 Å². The first-order valence-corrected chi connectivity index (χ1v) is 10.9. The van der Waals surface area contributed by atoms with E-state index in [-0.39, 0.29) is 17.8 Å². The van der Waals surface area contributed by atoms with Crippen LogP contribution in [0.15, 0.2) is 46.9 Å². The van der Waals surface area contributed by atoms with E-state index < -0.39 is 11.8 Å². The maximum atomic E-state index is 12.2. The van der Waals surface area contributed by atoms with E-state index in [0.29, 0.717) is 23.0 Å². The van der Waals surface area contributed by atoms with E-state index in [0.717, 1.165) is 10.0 Å². The number of thiocarbonyl (C=S) groups is 1. The minimum atomic E-state index is -0.452. The molecule has 0 aliphatic carbocycles. The molecule has 0 aromatic heterocycles. The zero-order valence-electron chi connectivity index (χ0n) is 17.8. The van der Waals surface area contributed by atoms with Gasteiger partial charge < -0.3 is 9.47 Å². The highest BCUT2D eigenvalue weighted by atomic mass is 79.9. The number of carbonyl (C=O) groups is 2. The van der Waals surface area contributed by atoms with E-state index >= 15 is 0 Å². The summed E-state index contributed by atoms with van der Waals surface area (Å²) in [7, 11) is 0. The molecule has 2 aromatic rings. The molecule has 2 aromatic carbocycles. The van der Waals surface area contributed by atoms with Crippen LogP contribution in [-0.2, 0) is 4.79 Å². The molecular weight excluding hydrogens is 482 g/mol. The van der Waals surface area contributed by atoms with Gasteiger partial charge in [0.2, 0.25) is 0 Å². The van der Waals surface area contributed by atoms with E-state index in [1.165, 1.54) is 0 Å². The molecule has 0 fully saturated rings.